The summed E-state index contributed by atoms with van der Waals surface area (Å²) in [6.07, 6.45) is 1.06. The molecule has 0 radical (unpaired) electrons. The van der Waals surface area contributed by atoms with Crippen molar-refractivity contribution in [1.29, 1.82) is 0 Å². The van der Waals surface area contributed by atoms with Crippen LogP contribution in [0.15, 0.2) is 46.6 Å². The molecule has 0 aliphatic carbocycles. The maximum absolute atomic E-state index is 12.7. The average Bonchev–Trinajstić information content (AvgIpc) is 3.32. The van der Waals surface area contributed by atoms with E-state index >= 15 is 0 Å². The number of hydrogen-bond acceptors (Lipinski definition) is 5. The molecule has 28 heavy (non-hydrogen) atoms. The molecule has 0 bridgehead atoms. The van der Waals surface area contributed by atoms with E-state index in [2.05, 4.69) is 28.3 Å². The first-order valence-electron chi connectivity index (χ1n) is 9.17. The van der Waals surface area contributed by atoms with Crippen LogP contribution in [-0.4, -0.2) is 21.4 Å². The number of H-pyrrole nitrogens is 1. The Labute approximate surface area is 175 Å². The van der Waals surface area contributed by atoms with Gasteiger partial charge in [0.2, 0.25) is 0 Å². The summed E-state index contributed by atoms with van der Waals surface area (Å²) in [6, 6.07) is 12.2. The van der Waals surface area contributed by atoms with Crippen LogP contribution in [0.3, 0.4) is 0 Å². The molecule has 142 valence electrons. The number of rotatable bonds is 3. The lowest BCUT2D eigenvalue weighted by atomic mass is 10.0. The molecule has 0 amide bonds. The Hall–Kier alpha value is -1.99. The second-order valence-electron chi connectivity index (χ2n) is 7.04. The summed E-state index contributed by atoms with van der Waals surface area (Å²) in [7, 11) is 0. The molecular formula is C21H18ClN3OS2. The van der Waals surface area contributed by atoms with Crippen molar-refractivity contribution in [2.75, 3.05) is 6.54 Å². The highest BCUT2D eigenvalue weighted by Gasteiger charge is 2.25. The molecule has 0 unspecified atom stereocenters. The zero-order chi connectivity index (χ0) is 19.3. The van der Waals surface area contributed by atoms with Crippen molar-refractivity contribution in [3.63, 3.8) is 0 Å². The summed E-state index contributed by atoms with van der Waals surface area (Å²) in [5.74, 6) is 0.725. The average molecular weight is 428 g/mol. The number of aromatic nitrogens is 2. The molecule has 0 saturated carbocycles. The number of nitrogens with zero attached hydrogens (tertiary/aromatic N) is 2. The molecule has 1 aromatic carbocycles. The van der Waals surface area contributed by atoms with Gasteiger partial charge in [-0.1, -0.05) is 23.7 Å². The molecule has 4 heterocycles. The maximum atomic E-state index is 12.7. The van der Waals surface area contributed by atoms with E-state index < -0.39 is 0 Å². The standard InChI is InChI=1S/C21H18ClN3OS2/c1-12-15-7-9-27-17(15)6-8-25(12)11-19-23-16-10-18(28-20(16)21(26)24-19)13-2-4-14(22)5-3-13/h2-5,7,9-10,12H,6,8,11H2,1H3,(H,23,24,26)/t12-/m0/s1. The van der Waals surface area contributed by atoms with Crippen molar-refractivity contribution < 1.29 is 0 Å². The number of halogens is 1. The van der Waals surface area contributed by atoms with E-state index in [4.69, 9.17) is 16.6 Å². The van der Waals surface area contributed by atoms with Crippen LogP contribution >= 0.6 is 34.3 Å². The van der Waals surface area contributed by atoms with Crippen molar-refractivity contribution in [2.24, 2.45) is 0 Å². The molecule has 4 nitrogen and oxygen atoms in total. The summed E-state index contributed by atoms with van der Waals surface area (Å²) in [4.78, 5) is 25.3. The molecule has 1 atom stereocenters. The Kier molecular flexibility index (Phi) is 4.59. The van der Waals surface area contributed by atoms with E-state index in [9.17, 15) is 4.79 Å². The lowest BCUT2D eigenvalue weighted by Gasteiger charge is -2.33. The highest BCUT2D eigenvalue weighted by Crippen LogP contribution is 2.34. The minimum absolute atomic E-state index is 0.0638. The second-order valence-corrected chi connectivity index (χ2v) is 9.53. The number of thiophene rings is 2. The zero-order valence-electron chi connectivity index (χ0n) is 15.2. The Morgan fingerprint density at radius 1 is 1.29 bits per heavy atom. The van der Waals surface area contributed by atoms with Gasteiger partial charge < -0.3 is 4.98 Å². The third kappa shape index (κ3) is 3.20. The molecule has 1 aliphatic heterocycles. The van der Waals surface area contributed by atoms with E-state index in [0.29, 0.717) is 22.3 Å². The summed E-state index contributed by atoms with van der Waals surface area (Å²) >= 11 is 9.29. The minimum Gasteiger partial charge on any atom is -0.308 e. The molecule has 3 aromatic heterocycles. The SMILES string of the molecule is C[C@H]1c2ccsc2CCN1Cc1nc2cc(-c3ccc(Cl)cc3)sc2c(=O)[nH]1. The van der Waals surface area contributed by atoms with Crippen LogP contribution in [0.2, 0.25) is 5.02 Å². The summed E-state index contributed by atoms with van der Waals surface area (Å²) in [5.41, 5.74) is 3.14. The second kappa shape index (κ2) is 7.12. The zero-order valence-corrected chi connectivity index (χ0v) is 17.6. The van der Waals surface area contributed by atoms with Crippen LogP contribution < -0.4 is 5.56 Å². The maximum Gasteiger partial charge on any atom is 0.268 e. The van der Waals surface area contributed by atoms with Gasteiger partial charge in [0.1, 0.15) is 10.5 Å². The quantitative estimate of drug-likeness (QED) is 0.470. The molecule has 5 rings (SSSR count). The van der Waals surface area contributed by atoms with Crippen molar-refractivity contribution >= 4 is 44.5 Å². The van der Waals surface area contributed by atoms with Crippen LogP contribution in [0.25, 0.3) is 20.7 Å². The Morgan fingerprint density at radius 3 is 2.93 bits per heavy atom. The van der Waals surface area contributed by atoms with E-state index in [1.165, 1.54) is 21.8 Å². The van der Waals surface area contributed by atoms with Gasteiger partial charge in [0.25, 0.3) is 5.56 Å². The largest absolute Gasteiger partial charge is 0.308 e. The van der Waals surface area contributed by atoms with E-state index in [-0.39, 0.29) is 5.56 Å². The first kappa shape index (κ1) is 18.1. The molecule has 1 N–H and O–H groups in total. The van der Waals surface area contributed by atoms with Gasteiger partial charge in [0.05, 0.1) is 12.1 Å². The molecule has 0 fully saturated rings. The Bertz CT molecular complexity index is 1210. The molecule has 7 heteroatoms. The topological polar surface area (TPSA) is 49.0 Å². The summed E-state index contributed by atoms with van der Waals surface area (Å²) in [6.45, 7) is 3.86. The number of nitrogens with one attached hydrogen (secondary N) is 1. The van der Waals surface area contributed by atoms with E-state index in [1.807, 2.05) is 41.7 Å². The normalized spacial score (nSPS) is 17.1. The molecule has 4 aromatic rings. The molecule has 0 saturated heterocycles. The number of fused-ring (bicyclic) bond motifs is 2. The molecule has 1 aliphatic rings. The van der Waals surface area contributed by atoms with Gasteiger partial charge in [-0.3, -0.25) is 9.69 Å². The third-order valence-corrected chi connectivity index (χ3v) is 7.74. The summed E-state index contributed by atoms with van der Waals surface area (Å²) < 4.78 is 0.667. The van der Waals surface area contributed by atoms with Crippen LogP contribution in [0.4, 0.5) is 0 Å². The van der Waals surface area contributed by atoms with Crippen LogP contribution in [0, 0.1) is 0 Å². The van der Waals surface area contributed by atoms with Crippen molar-refractivity contribution in [3.8, 4) is 10.4 Å². The lowest BCUT2D eigenvalue weighted by Crippen LogP contribution is -2.33. The van der Waals surface area contributed by atoms with Gasteiger partial charge in [-0.2, -0.15) is 0 Å². The lowest BCUT2D eigenvalue weighted by molar-refractivity contribution is 0.186. The Morgan fingerprint density at radius 2 is 2.11 bits per heavy atom. The van der Waals surface area contributed by atoms with Gasteiger partial charge in [-0.25, -0.2) is 4.98 Å². The third-order valence-electron chi connectivity index (χ3n) is 5.32. The van der Waals surface area contributed by atoms with Crippen molar-refractivity contribution in [2.45, 2.75) is 25.9 Å². The predicted molar refractivity (Wildman–Crippen MR) is 118 cm³/mol. The van der Waals surface area contributed by atoms with Crippen LogP contribution in [-0.2, 0) is 13.0 Å². The first-order valence-corrected chi connectivity index (χ1v) is 11.2. The highest BCUT2D eigenvalue weighted by atomic mass is 35.5. The number of hydrogen-bond donors (Lipinski definition) is 1. The number of aromatic amines is 1. The van der Waals surface area contributed by atoms with E-state index in [1.54, 1.807) is 0 Å². The van der Waals surface area contributed by atoms with Crippen molar-refractivity contribution in [3.05, 3.63) is 73.4 Å². The van der Waals surface area contributed by atoms with Gasteiger partial charge in [0.15, 0.2) is 0 Å². The Balaban J connectivity index is 1.46. The number of benzene rings is 1. The first-order chi connectivity index (χ1) is 13.6. The fourth-order valence-electron chi connectivity index (χ4n) is 3.79. The van der Waals surface area contributed by atoms with Crippen molar-refractivity contribution in [1.82, 2.24) is 14.9 Å². The van der Waals surface area contributed by atoms with Gasteiger partial charge >= 0.3 is 0 Å². The minimum atomic E-state index is -0.0638. The van der Waals surface area contributed by atoms with Gasteiger partial charge in [0, 0.05) is 27.4 Å². The molecule has 0 spiro atoms. The van der Waals surface area contributed by atoms with Crippen LogP contribution in [0.5, 0.6) is 0 Å². The smallest absolute Gasteiger partial charge is 0.268 e. The fourth-order valence-corrected chi connectivity index (χ4v) is 5.88. The fraction of sp³-hybridized carbons (Fsp3) is 0.238. The van der Waals surface area contributed by atoms with Gasteiger partial charge in [-0.05, 0) is 54.1 Å². The molecular weight excluding hydrogens is 410 g/mol. The van der Waals surface area contributed by atoms with Crippen LogP contribution in [0.1, 0.15) is 29.2 Å². The van der Waals surface area contributed by atoms with E-state index in [0.717, 1.165) is 34.7 Å². The summed E-state index contributed by atoms with van der Waals surface area (Å²) in [5, 5.41) is 2.87. The monoisotopic (exact) mass is 427 g/mol. The predicted octanol–water partition coefficient (Wildman–Crippen LogP) is 5.49. The highest BCUT2D eigenvalue weighted by molar-refractivity contribution is 7.22. The van der Waals surface area contributed by atoms with Gasteiger partial charge in [-0.15, -0.1) is 22.7 Å².